The summed E-state index contributed by atoms with van der Waals surface area (Å²) in [5, 5.41) is 2.36. The normalized spacial score (nSPS) is 14.8. The summed E-state index contributed by atoms with van der Waals surface area (Å²) >= 11 is 0. The lowest BCUT2D eigenvalue weighted by atomic mass is 9.65. The minimum atomic E-state index is -0.646. The van der Waals surface area contributed by atoms with Crippen LogP contribution in [-0.2, 0) is 5.41 Å². The highest BCUT2D eigenvalue weighted by Gasteiger charge is 2.51. The summed E-state index contributed by atoms with van der Waals surface area (Å²) < 4.78 is 6.79. The van der Waals surface area contributed by atoms with Crippen molar-refractivity contribution in [1.29, 1.82) is 0 Å². The van der Waals surface area contributed by atoms with E-state index in [2.05, 4.69) is 185 Å². The molecular weight excluding hydrogens is 695 g/mol. The summed E-state index contributed by atoms with van der Waals surface area (Å²) in [7, 11) is 0. The fourth-order valence-corrected chi connectivity index (χ4v) is 9.44. The Kier molecular flexibility index (Phi) is 7.39. The Labute approximate surface area is 332 Å². The molecule has 57 heavy (non-hydrogen) atoms. The van der Waals surface area contributed by atoms with Crippen LogP contribution in [0.3, 0.4) is 0 Å². The molecule has 4 nitrogen and oxygen atoms in total. The average Bonchev–Trinajstić information content (AvgIpc) is 3.54. The predicted molar refractivity (Wildman–Crippen MR) is 231 cm³/mol. The van der Waals surface area contributed by atoms with Crippen molar-refractivity contribution in [2.75, 3.05) is 0 Å². The van der Waals surface area contributed by atoms with E-state index in [1.807, 2.05) is 6.20 Å². The average molecular weight is 732 g/mol. The largest absolute Gasteiger partial charge is 0.457 e. The number of fused-ring (bicyclic) bond motifs is 10. The van der Waals surface area contributed by atoms with Gasteiger partial charge >= 0.3 is 0 Å². The number of nitrogens with zero attached hydrogens (tertiary/aromatic N) is 3. The molecule has 1 aliphatic carbocycles. The van der Waals surface area contributed by atoms with Gasteiger partial charge in [0.2, 0.25) is 0 Å². The van der Waals surface area contributed by atoms with Crippen molar-refractivity contribution < 1.29 is 4.74 Å². The van der Waals surface area contributed by atoms with E-state index in [-0.39, 0.29) is 0 Å². The molecule has 4 heteroatoms. The van der Waals surface area contributed by atoms with Crippen molar-refractivity contribution >= 4 is 10.8 Å². The van der Waals surface area contributed by atoms with Crippen LogP contribution in [0.5, 0.6) is 11.5 Å². The van der Waals surface area contributed by atoms with E-state index in [1.54, 1.807) is 0 Å². The monoisotopic (exact) mass is 731 g/mol. The van der Waals surface area contributed by atoms with Crippen molar-refractivity contribution in [3.05, 3.63) is 209 Å². The molecule has 2 aliphatic rings. The molecule has 0 amide bonds. The quantitative estimate of drug-likeness (QED) is 0.181. The zero-order chi connectivity index (χ0) is 38.3. The Morgan fingerprint density at radius 2 is 1.16 bits per heavy atom. The van der Waals surface area contributed by atoms with E-state index in [0.717, 1.165) is 62.0 Å². The van der Waals surface area contributed by atoms with Crippen LogP contribution in [0.15, 0.2) is 170 Å². The lowest BCUT2D eigenvalue weighted by Crippen LogP contribution is -2.32. The van der Waals surface area contributed by atoms with Gasteiger partial charge in [0, 0.05) is 39.7 Å². The highest BCUT2D eigenvalue weighted by Crippen LogP contribution is 2.63. The number of aryl methyl sites for hydroxylation is 3. The number of rotatable bonds is 4. The fourth-order valence-electron chi connectivity index (χ4n) is 9.44. The van der Waals surface area contributed by atoms with E-state index in [0.29, 0.717) is 5.82 Å². The molecule has 0 saturated heterocycles. The van der Waals surface area contributed by atoms with Gasteiger partial charge in [-0.25, -0.2) is 9.97 Å². The predicted octanol–water partition coefficient (Wildman–Crippen LogP) is 13.1. The van der Waals surface area contributed by atoms with Crippen molar-refractivity contribution in [1.82, 2.24) is 15.0 Å². The van der Waals surface area contributed by atoms with Gasteiger partial charge in [-0.1, -0.05) is 133 Å². The van der Waals surface area contributed by atoms with Gasteiger partial charge in [-0.05, 0) is 106 Å². The minimum Gasteiger partial charge on any atom is -0.457 e. The molecule has 0 radical (unpaired) electrons. The third-order valence-corrected chi connectivity index (χ3v) is 11.8. The van der Waals surface area contributed by atoms with Gasteiger partial charge in [0.05, 0.1) is 16.8 Å². The molecule has 9 aromatic rings. The highest BCUT2D eigenvalue weighted by atomic mass is 16.5. The summed E-state index contributed by atoms with van der Waals surface area (Å²) in [4.78, 5) is 15.1. The molecule has 1 aliphatic heterocycles. The second-order valence-electron chi connectivity index (χ2n) is 15.3. The molecule has 0 N–H and O–H groups in total. The molecule has 7 aromatic carbocycles. The SMILES string of the molecule is Cc1cnc(-c2ccc(-c3cccc4c3-c3ccccc3C43c4ccccc4Oc4ccc(-c5nc(C)cc(-c6cccc7ccccc67)n5)cc43)cc2)c(C)c1. The van der Waals surface area contributed by atoms with Crippen LogP contribution in [0.4, 0.5) is 0 Å². The Morgan fingerprint density at radius 3 is 2.04 bits per heavy atom. The number of pyridine rings is 1. The van der Waals surface area contributed by atoms with Crippen LogP contribution in [0.25, 0.3) is 66.9 Å². The van der Waals surface area contributed by atoms with Crippen LogP contribution in [0.2, 0.25) is 0 Å². The highest BCUT2D eigenvalue weighted by molar-refractivity contribution is 5.98. The molecule has 270 valence electrons. The molecule has 1 spiro atoms. The first-order valence-corrected chi connectivity index (χ1v) is 19.5. The maximum atomic E-state index is 6.79. The Morgan fingerprint density at radius 1 is 0.491 bits per heavy atom. The van der Waals surface area contributed by atoms with Crippen molar-refractivity contribution in [3.63, 3.8) is 0 Å². The van der Waals surface area contributed by atoms with Gasteiger partial charge in [-0.2, -0.15) is 0 Å². The topological polar surface area (TPSA) is 47.9 Å². The first-order valence-electron chi connectivity index (χ1n) is 19.5. The molecule has 0 saturated carbocycles. The molecule has 1 atom stereocenters. The summed E-state index contributed by atoms with van der Waals surface area (Å²) in [6, 6.07) is 58.7. The molecule has 3 heterocycles. The van der Waals surface area contributed by atoms with Gasteiger partial charge in [0.1, 0.15) is 11.5 Å². The molecule has 11 rings (SSSR count). The summed E-state index contributed by atoms with van der Waals surface area (Å²) in [5.74, 6) is 2.38. The fraction of sp³-hybridized carbons (Fsp3) is 0.0755. The third kappa shape index (κ3) is 5.04. The summed E-state index contributed by atoms with van der Waals surface area (Å²) in [6.07, 6.45) is 1.95. The Bertz CT molecular complexity index is 3090. The number of benzene rings is 7. The summed E-state index contributed by atoms with van der Waals surface area (Å²) in [5.41, 5.74) is 17.2. The van der Waals surface area contributed by atoms with Gasteiger partial charge in [0.25, 0.3) is 0 Å². The van der Waals surface area contributed by atoms with Crippen LogP contribution in [0, 0.1) is 20.8 Å². The van der Waals surface area contributed by atoms with E-state index in [4.69, 9.17) is 19.7 Å². The van der Waals surface area contributed by atoms with Gasteiger partial charge in [-0.3, -0.25) is 4.98 Å². The lowest BCUT2D eigenvalue weighted by Gasteiger charge is -2.39. The van der Waals surface area contributed by atoms with Crippen molar-refractivity contribution in [2.45, 2.75) is 26.2 Å². The minimum absolute atomic E-state index is 0.646. The van der Waals surface area contributed by atoms with E-state index in [9.17, 15) is 0 Å². The second kappa shape index (κ2) is 12.7. The first kappa shape index (κ1) is 33.2. The molecular formula is C53H37N3O. The number of hydrogen-bond acceptors (Lipinski definition) is 4. The maximum Gasteiger partial charge on any atom is 0.160 e. The van der Waals surface area contributed by atoms with E-state index >= 15 is 0 Å². The standard InChI is InChI=1S/C53H37N3O/c1-32-28-33(2)51(54-31-32)37-24-22-36(23-25-37)40-16-11-20-45-50(40)42-15-6-7-18-43(42)53(45)44-19-8-9-21-48(44)57-49-27-26-38(30-46(49)53)52-55-34(3)29-47(56-52)41-17-10-13-35-12-4-5-14-39(35)41/h4-31H,1-3H3. The smallest absolute Gasteiger partial charge is 0.160 e. The number of ether oxygens (including phenoxy) is 1. The van der Waals surface area contributed by atoms with E-state index < -0.39 is 5.41 Å². The molecule has 1 unspecified atom stereocenters. The van der Waals surface area contributed by atoms with Crippen molar-refractivity contribution in [2.24, 2.45) is 0 Å². The van der Waals surface area contributed by atoms with Gasteiger partial charge < -0.3 is 4.74 Å². The Balaban J connectivity index is 1.12. The zero-order valence-electron chi connectivity index (χ0n) is 31.9. The van der Waals surface area contributed by atoms with Crippen LogP contribution in [0.1, 0.15) is 39.1 Å². The molecule has 2 aromatic heterocycles. The zero-order valence-corrected chi connectivity index (χ0v) is 31.9. The molecule has 0 fully saturated rings. The molecule has 0 bridgehead atoms. The van der Waals surface area contributed by atoms with Crippen LogP contribution in [-0.4, -0.2) is 15.0 Å². The second-order valence-corrected chi connectivity index (χ2v) is 15.3. The maximum absolute atomic E-state index is 6.79. The lowest BCUT2D eigenvalue weighted by molar-refractivity contribution is 0.436. The van der Waals surface area contributed by atoms with E-state index in [1.165, 1.54) is 49.7 Å². The van der Waals surface area contributed by atoms with Crippen LogP contribution < -0.4 is 4.74 Å². The third-order valence-electron chi connectivity index (χ3n) is 11.8. The summed E-state index contributed by atoms with van der Waals surface area (Å²) in [6.45, 7) is 6.27. The number of aromatic nitrogens is 3. The Hall–Kier alpha value is -7.17. The van der Waals surface area contributed by atoms with Gasteiger partial charge in [0.15, 0.2) is 5.82 Å². The first-order chi connectivity index (χ1) is 28.0. The van der Waals surface area contributed by atoms with Crippen molar-refractivity contribution in [3.8, 4) is 67.7 Å². The number of para-hydroxylation sites is 1. The van der Waals surface area contributed by atoms with Crippen LogP contribution >= 0.6 is 0 Å². The number of hydrogen-bond donors (Lipinski definition) is 0. The van der Waals surface area contributed by atoms with Gasteiger partial charge in [-0.15, -0.1) is 0 Å².